The second kappa shape index (κ2) is 4.87. The Labute approximate surface area is 103 Å². The zero-order valence-corrected chi connectivity index (χ0v) is 9.64. The summed E-state index contributed by atoms with van der Waals surface area (Å²) in [6.45, 7) is 0. The third-order valence-electron chi connectivity index (χ3n) is 2.58. The molecule has 2 aromatic carbocycles. The van der Waals surface area contributed by atoms with Crippen LogP contribution in [-0.4, -0.2) is 13.1 Å². The van der Waals surface area contributed by atoms with Crippen molar-refractivity contribution in [3.8, 4) is 16.9 Å². The normalized spacial score (nSPS) is 10.1. The maximum Gasteiger partial charge on any atom is 0.165 e. The van der Waals surface area contributed by atoms with E-state index < -0.39 is 11.8 Å². The SMILES string of the molecule is COc1ccc(-c2cccc(C(=O)[O-])c2)cc1F. The van der Waals surface area contributed by atoms with Gasteiger partial charge in [-0.2, -0.15) is 0 Å². The van der Waals surface area contributed by atoms with Crippen LogP contribution in [0.4, 0.5) is 4.39 Å². The molecule has 0 N–H and O–H groups in total. The van der Waals surface area contributed by atoms with Crippen LogP contribution in [0.2, 0.25) is 0 Å². The number of halogens is 1. The first-order valence-corrected chi connectivity index (χ1v) is 5.27. The molecule has 0 saturated heterocycles. The molecule has 0 radical (unpaired) electrons. The molecule has 2 rings (SSSR count). The van der Waals surface area contributed by atoms with Gasteiger partial charge in [0, 0.05) is 0 Å². The Morgan fingerprint density at radius 1 is 1.17 bits per heavy atom. The number of rotatable bonds is 3. The van der Waals surface area contributed by atoms with Crippen LogP contribution < -0.4 is 9.84 Å². The Kier molecular flexibility index (Phi) is 3.28. The third-order valence-corrected chi connectivity index (χ3v) is 2.58. The second-order valence-corrected chi connectivity index (χ2v) is 3.72. The highest BCUT2D eigenvalue weighted by atomic mass is 19.1. The molecule has 0 bridgehead atoms. The van der Waals surface area contributed by atoms with Crippen molar-refractivity contribution in [1.29, 1.82) is 0 Å². The molecule has 0 amide bonds. The molecule has 0 unspecified atom stereocenters. The fraction of sp³-hybridized carbons (Fsp3) is 0.0714. The van der Waals surface area contributed by atoms with E-state index >= 15 is 0 Å². The van der Waals surface area contributed by atoms with Crippen LogP contribution in [-0.2, 0) is 0 Å². The minimum absolute atomic E-state index is 0.0590. The zero-order valence-electron chi connectivity index (χ0n) is 9.64. The molecule has 0 aliphatic carbocycles. The molecule has 0 fully saturated rings. The number of benzene rings is 2. The first kappa shape index (κ1) is 12.1. The minimum Gasteiger partial charge on any atom is -0.545 e. The monoisotopic (exact) mass is 245 g/mol. The van der Waals surface area contributed by atoms with Gasteiger partial charge in [-0.05, 0) is 34.9 Å². The van der Waals surface area contributed by atoms with E-state index in [2.05, 4.69) is 0 Å². The molecule has 0 spiro atoms. The van der Waals surface area contributed by atoms with Gasteiger partial charge in [0.1, 0.15) is 0 Å². The van der Waals surface area contributed by atoms with Gasteiger partial charge in [-0.1, -0.05) is 24.3 Å². The Morgan fingerprint density at radius 2 is 1.89 bits per heavy atom. The van der Waals surface area contributed by atoms with Gasteiger partial charge in [0.2, 0.25) is 0 Å². The topological polar surface area (TPSA) is 49.4 Å². The molecule has 0 atom stereocenters. The lowest BCUT2D eigenvalue weighted by Gasteiger charge is -2.08. The number of carboxylic acids is 1. The number of methoxy groups -OCH3 is 1. The Balaban J connectivity index is 2.45. The third kappa shape index (κ3) is 2.32. The summed E-state index contributed by atoms with van der Waals surface area (Å²) < 4.78 is 18.4. The second-order valence-electron chi connectivity index (χ2n) is 3.72. The summed E-state index contributed by atoms with van der Waals surface area (Å²) in [5.41, 5.74) is 1.25. The molecule has 0 aromatic heterocycles. The van der Waals surface area contributed by atoms with Gasteiger partial charge in [0.25, 0.3) is 0 Å². The van der Waals surface area contributed by atoms with Crippen molar-refractivity contribution >= 4 is 5.97 Å². The molecule has 2 aromatic rings. The first-order chi connectivity index (χ1) is 8.61. The van der Waals surface area contributed by atoms with Crippen molar-refractivity contribution in [2.75, 3.05) is 7.11 Å². The maximum absolute atomic E-state index is 13.5. The van der Waals surface area contributed by atoms with Gasteiger partial charge >= 0.3 is 0 Å². The molecule has 18 heavy (non-hydrogen) atoms. The number of carbonyl (C=O) groups is 1. The molecule has 4 heteroatoms. The minimum atomic E-state index is -1.26. The molecule has 0 aliphatic heterocycles. The number of hydrogen-bond donors (Lipinski definition) is 0. The van der Waals surface area contributed by atoms with E-state index in [0.717, 1.165) is 0 Å². The number of hydrogen-bond acceptors (Lipinski definition) is 3. The summed E-state index contributed by atoms with van der Waals surface area (Å²) >= 11 is 0. The lowest BCUT2D eigenvalue weighted by Crippen LogP contribution is -2.22. The number of aromatic carboxylic acids is 1. The van der Waals surface area contributed by atoms with Crippen molar-refractivity contribution in [2.24, 2.45) is 0 Å². The van der Waals surface area contributed by atoms with E-state index in [1.54, 1.807) is 18.2 Å². The van der Waals surface area contributed by atoms with Gasteiger partial charge in [-0.15, -0.1) is 0 Å². The number of carbonyl (C=O) groups excluding carboxylic acids is 1. The van der Waals surface area contributed by atoms with E-state index in [4.69, 9.17) is 4.74 Å². The predicted molar refractivity (Wildman–Crippen MR) is 62.7 cm³/mol. The smallest absolute Gasteiger partial charge is 0.165 e. The van der Waals surface area contributed by atoms with Crippen molar-refractivity contribution in [1.82, 2.24) is 0 Å². The van der Waals surface area contributed by atoms with Crippen LogP contribution in [0.15, 0.2) is 42.5 Å². The van der Waals surface area contributed by atoms with Crippen LogP contribution >= 0.6 is 0 Å². The lowest BCUT2D eigenvalue weighted by atomic mass is 10.0. The van der Waals surface area contributed by atoms with Crippen LogP contribution in [0.3, 0.4) is 0 Å². The molecule has 0 heterocycles. The Morgan fingerprint density at radius 3 is 2.50 bits per heavy atom. The van der Waals surface area contributed by atoms with E-state index in [1.807, 2.05) is 0 Å². The summed E-state index contributed by atoms with van der Waals surface area (Å²) in [6, 6.07) is 10.6. The van der Waals surface area contributed by atoms with E-state index in [9.17, 15) is 14.3 Å². The number of carboxylic acid groups (broad SMARTS) is 1. The van der Waals surface area contributed by atoms with Gasteiger partial charge in [-0.25, -0.2) is 4.39 Å². The van der Waals surface area contributed by atoms with Crippen molar-refractivity contribution < 1.29 is 19.0 Å². The highest BCUT2D eigenvalue weighted by Crippen LogP contribution is 2.25. The maximum atomic E-state index is 13.5. The molecule has 0 aliphatic rings. The van der Waals surface area contributed by atoms with Gasteiger partial charge < -0.3 is 14.6 Å². The van der Waals surface area contributed by atoms with Crippen LogP contribution in [0, 0.1) is 5.82 Å². The van der Waals surface area contributed by atoms with Gasteiger partial charge in [0.15, 0.2) is 11.6 Å². The highest BCUT2D eigenvalue weighted by Gasteiger charge is 2.05. The summed E-state index contributed by atoms with van der Waals surface area (Å²) in [7, 11) is 1.38. The summed E-state index contributed by atoms with van der Waals surface area (Å²) in [5, 5.41) is 10.7. The molecular weight excluding hydrogens is 235 g/mol. The van der Waals surface area contributed by atoms with Crippen LogP contribution in [0.25, 0.3) is 11.1 Å². The average Bonchev–Trinajstić information content (AvgIpc) is 2.38. The van der Waals surface area contributed by atoms with Crippen molar-refractivity contribution in [3.63, 3.8) is 0 Å². The highest BCUT2D eigenvalue weighted by molar-refractivity contribution is 5.87. The van der Waals surface area contributed by atoms with Gasteiger partial charge in [-0.3, -0.25) is 0 Å². The molecule has 3 nitrogen and oxygen atoms in total. The van der Waals surface area contributed by atoms with Crippen molar-refractivity contribution in [3.05, 3.63) is 53.8 Å². The van der Waals surface area contributed by atoms with Crippen LogP contribution in [0.1, 0.15) is 10.4 Å². The van der Waals surface area contributed by atoms with E-state index in [1.165, 1.54) is 31.4 Å². The van der Waals surface area contributed by atoms with E-state index in [-0.39, 0.29) is 11.3 Å². The standard InChI is InChI=1S/C14H11FO3/c1-18-13-6-5-10(8-12(13)15)9-3-2-4-11(7-9)14(16)17/h2-8H,1H3,(H,16,17)/p-1. The Hall–Kier alpha value is -2.36. The fourth-order valence-corrected chi connectivity index (χ4v) is 1.67. The van der Waals surface area contributed by atoms with Crippen molar-refractivity contribution in [2.45, 2.75) is 0 Å². The summed E-state index contributed by atoms with van der Waals surface area (Å²) in [5.74, 6) is -1.60. The Bertz CT molecular complexity index is 593. The summed E-state index contributed by atoms with van der Waals surface area (Å²) in [4.78, 5) is 10.7. The number of ether oxygens (including phenoxy) is 1. The summed E-state index contributed by atoms with van der Waals surface area (Å²) in [6.07, 6.45) is 0. The fourth-order valence-electron chi connectivity index (χ4n) is 1.67. The lowest BCUT2D eigenvalue weighted by molar-refractivity contribution is -0.255. The first-order valence-electron chi connectivity index (χ1n) is 5.27. The quantitative estimate of drug-likeness (QED) is 0.829. The molecule has 92 valence electrons. The van der Waals surface area contributed by atoms with E-state index in [0.29, 0.717) is 11.1 Å². The molecule has 0 saturated carbocycles. The van der Waals surface area contributed by atoms with Crippen LogP contribution in [0.5, 0.6) is 5.75 Å². The van der Waals surface area contributed by atoms with Gasteiger partial charge in [0.05, 0.1) is 13.1 Å². The zero-order chi connectivity index (χ0) is 13.1. The predicted octanol–water partition coefficient (Wildman–Crippen LogP) is 1.86. The average molecular weight is 245 g/mol. The largest absolute Gasteiger partial charge is 0.545 e. The molecular formula is C14H10FO3-.